The van der Waals surface area contributed by atoms with Crippen molar-refractivity contribution in [3.63, 3.8) is 0 Å². The standard InChI is InChI=1S/C6H14N4O3/c1-6(8,4(11)12)2-3-9-5(7)10-13/h13H,2-3,8H2,1H3,(H,11,12)(H3,7,9,10). The average molecular weight is 190 g/mol. The Morgan fingerprint density at radius 1 is 1.69 bits per heavy atom. The summed E-state index contributed by atoms with van der Waals surface area (Å²) in [5.41, 5.74) is 9.18. The minimum absolute atomic E-state index is 0.166. The fourth-order valence-electron chi connectivity index (χ4n) is 0.593. The lowest BCUT2D eigenvalue weighted by Gasteiger charge is -2.18. The number of nitrogens with two attached hydrogens (primary N) is 2. The number of hydrogen-bond acceptors (Lipinski definition) is 4. The van der Waals surface area contributed by atoms with Crippen LogP contribution in [0, 0.1) is 0 Å². The first-order chi connectivity index (χ1) is 5.90. The third-order valence-electron chi connectivity index (χ3n) is 1.55. The molecule has 0 saturated heterocycles. The predicted molar refractivity (Wildman–Crippen MR) is 46.3 cm³/mol. The van der Waals surface area contributed by atoms with Gasteiger partial charge in [-0.1, -0.05) is 5.16 Å². The van der Waals surface area contributed by atoms with Crippen LogP contribution in [-0.2, 0) is 4.79 Å². The molecule has 0 aromatic rings. The van der Waals surface area contributed by atoms with Crippen molar-refractivity contribution in [1.29, 1.82) is 0 Å². The van der Waals surface area contributed by atoms with Crippen molar-refractivity contribution in [1.82, 2.24) is 5.32 Å². The topological polar surface area (TPSA) is 134 Å². The van der Waals surface area contributed by atoms with Crippen LogP contribution in [0.3, 0.4) is 0 Å². The van der Waals surface area contributed by atoms with Crippen LogP contribution < -0.4 is 16.8 Å². The first kappa shape index (κ1) is 11.5. The lowest BCUT2D eigenvalue weighted by atomic mass is 10.00. The number of carboxylic acids is 1. The largest absolute Gasteiger partial charge is 0.480 e. The van der Waals surface area contributed by atoms with Gasteiger partial charge in [-0.15, -0.1) is 0 Å². The summed E-state index contributed by atoms with van der Waals surface area (Å²) in [6.45, 7) is 1.62. The number of oxime groups is 1. The Bertz CT molecular complexity index is 214. The molecule has 0 aliphatic rings. The second-order valence-corrected chi connectivity index (χ2v) is 2.88. The van der Waals surface area contributed by atoms with Gasteiger partial charge in [0.2, 0.25) is 5.96 Å². The van der Waals surface area contributed by atoms with E-state index >= 15 is 0 Å². The van der Waals surface area contributed by atoms with Crippen molar-refractivity contribution in [3.05, 3.63) is 0 Å². The highest BCUT2D eigenvalue weighted by atomic mass is 16.4. The fraction of sp³-hybridized carbons (Fsp3) is 0.667. The number of guanidine groups is 1. The molecule has 7 heteroatoms. The summed E-state index contributed by atoms with van der Waals surface area (Å²) in [6, 6.07) is 0. The van der Waals surface area contributed by atoms with Crippen molar-refractivity contribution in [2.24, 2.45) is 16.6 Å². The van der Waals surface area contributed by atoms with Crippen molar-refractivity contribution < 1.29 is 15.1 Å². The van der Waals surface area contributed by atoms with E-state index in [1.165, 1.54) is 6.92 Å². The molecule has 0 amide bonds. The normalized spacial score (nSPS) is 16.3. The van der Waals surface area contributed by atoms with Gasteiger partial charge < -0.3 is 27.1 Å². The summed E-state index contributed by atoms with van der Waals surface area (Å²) >= 11 is 0. The highest BCUT2D eigenvalue weighted by Crippen LogP contribution is 2.03. The molecule has 0 saturated carbocycles. The molecule has 0 aromatic heterocycles. The molecular formula is C6H14N4O3. The minimum Gasteiger partial charge on any atom is -0.480 e. The molecule has 0 aliphatic heterocycles. The van der Waals surface area contributed by atoms with Gasteiger partial charge >= 0.3 is 5.97 Å². The van der Waals surface area contributed by atoms with Gasteiger partial charge in [-0.3, -0.25) is 4.79 Å². The second kappa shape index (κ2) is 4.51. The average Bonchev–Trinajstić information content (AvgIpc) is 2.03. The Morgan fingerprint density at radius 2 is 2.23 bits per heavy atom. The number of nitrogens with zero attached hydrogens (tertiary/aromatic N) is 1. The highest BCUT2D eigenvalue weighted by molar-refractivity contribution is 5.78. The maximum absolute atomic E-state index is 10.5. The molecule has 0 heterocycles. The minimum atomic E-state index is -1.30. The fourth-order valence-corrected chi connectivity index (χ4v) is 0.593. The van der Waals surface area contributed by atoms with Crippen molar-refractivity contribution in [2.45, 2.75) is 18.9 Å². The summed E-state index contributed by atoms with van der Waals surface area (Å²) < 4.78 is 0. The molecule has 0 rings (SSSR count). The van der Waals surface area contributed by atoms with Gasteiger partial charge in [-0.25, -0.2) is 0 Å². The molecule has 7 N–H and O–H groups in total. The second-order valence-electron chi connectivity index (χ2n) is 2.88. The van der Waals surface area contributed by atoms with Gasteiger partial charge in [0.05, 0.1) is 0 Å². The first-order valence-corrected chi connectivity index (χ1v) is 3.64. The lowest BCUT2D eigenvalue weighted by molar-refractivity contribution is -0.142. The summed E-state index contributed by atoms with van der Waals surface area (Å²) in [5, 5.41) is 21.9. The molecule has 0 radical (unpaired) electrons. The molecule has 1 unspecified atom stereocenters. The Morgan fingerprint density at radius 3 is 2.62 bits per heavy atom. The molecule has 1 atom stereocenters. The molecule has 0 fully saturated rings. The van der Waals surface area contributed by atoms with Gasteiger partial charge in [0.1, 0.15) is 5.54 Å². The van der Waals surface area contributed by atoms with Crippen LogP contribution in [0.15, 0.2) is 5.16 Å². The molecule has 13 heavy (non-hydrogen) atoms. The zero-order valence-electron chi connectivity index (χ0n) is 7.32. The lowest BCUT2D eigenvalue weighted by Crippen LogP contribution is -2.47. The summed E-state index contributed by atoms with van der Waals surface area (Å²) in [4.78, 5) is 10.5. The van der Waals surface area contributed by atoms with Crippen LogP contribution in [0.4, 0.5) is 0 Å². The van der Waals surface area contributed by atoms with E-state index < -0.39 is 11.5 Å². The van der Waals surface area contributed by atoms with E-state index in [0.717, 1.165) is 0 Å². The van der Waals surface area contributed by atoms with E-state index in [1.807, 2.05) is 0 Å². The maximum atomic E-state index is 10.5. The number of carbonyl (C=O) groups is 1. The summed E-state index contributed by atoms with van der Waals surface area (Å²) in [5.74, 6) is -1.25. The van der Waals surface area contributed by atoms with Crippen LogP contribution in [-0.4, -0.2) is 34.3 Å². The van der Waals surface area contributed by atoms with Crippen LogP contribution >= 0.6 is 0 Å². The summed E-state index contributed by atoms with van der Waals surface area (Å²) in [6.07, 6.45) is 0.179. The smallest absolute Gasteiger partial charge is 0.323 e. The van der Waals surface area contributed by atoms with Gasteiger partial charge in [-0.05, 0) is 13.3 Å². The molecular weight excluding hydrogens is 176 g/mol. The van der Waals surface area contributed by atoms with Gasteiger partial charge in [0, 0.05) is 6.54 Å². The maximum Gasteiger partial charge on any atom is 0.323 e. The van der Waals surface area contributed by atoms with Gasteiger partial charge in [0.15, 0.2) is 0 Å². The third kappa shape index (κ3) is 4.16. The van der Waals surface area contributed by atoms with Crippen molar-refractivity contribution in [2.75, 3.05) is 6.54 Å². The Hall–Kier alpha value is -1.50. The monoisotopic (exact) mass is 190 g/mol. The zero-order chi connectivity index (χ0) is 10.5. The van der Waals surface area contributed by atoms with Crippen LogP contribution in [0.1, 0.15) is 13.3 Å². The molecule has 0 aromatic carbocycles. The SMILES string of the molecule is CC(N)(CCN/C(N)=N\O)C(=O)O. The van der Waals surface area contributed by atoms with Crippen molar-refractivity contribution in [3.8, 4) is 0 Å². The van der Waals surface area contributed by atoms with Crippen molar-refractivity contribution >= 4 is 11.9 Å². The van der Waals surface area contributed by atoms with E-state index in [1.54, 1.807) is 0 Å². The number of carboxylic acid groups (broad SMARTS) is 1. The van der Waals surface area contributed by atoms with E-state index in [-0.39, 0.29) is 18.9 Å². The van der Waals surface area contributed by atoms with E-state index in [2.05, 4.69) is 10.5 Å². The molecule has 7 nitrogen and oxygen atoms in total. The van der Waals surface area contributed by atoms with Gasteiger partial charge in [-0.2, -0.15) is 0 Å². The number of nitrogens with one attached hydrogen (secondary N) is 1. The van der Waals surface area contributed by atoms with Crippen LogP contribution in [0.2, 0.25) is 0 Å². The van der Waals surface area contributed by atoms with Crippen LogP contribution in [0.5, 0.6) is 0 Å². The molecule has 76 valence electrons. The van der Waals surface area contributed by atoms with E-state index in [0.29, 0.717) is 0 Å². The van der Waals surface area contributed by atoms with E-state index in [9.17, 15) is 4.79 Å². The molecule has 0 aliphatic carbocycles. The first-order valence-electron chi connectivity index (χ1n) is 3.64. The Labute approximate surface area is 75.4 Å². The molecule has 0 bridgehead atoms. The Balaban J connectivity index is 3.83. The highest BCUT2D eigenvalue weighted by Gasteiger charge is 2.26. The third-order valence-corrected chi connectivity index (χ3v) is 1.55. The quantitative estimate of drug-likeness (QED) is 0.158. The zero-order valence-corrected chi connectivity index (χ0v) is 7.32. The predicted octanol–water partition coefficient (Wildman–Crippen LogP) is -1.53. The summed E-state index contributed by atoms with van der Waals surface area (Å²) in [7, 11) is 0. The number of aliphatic carboxylic acids is 1. The van der Waals surface area contributed by atoms with Crippen LogP contribution in [0.25, 0.3) is 0 Å². The number of hydrogen-bond donors (Lipinski definition) is 5. The van der Waals surface area contributed by atoms with Gasteiger partial charge in [0.25, 0.3) is 0 Å². The van der Waals surface area contributed by atoms with E-state index in [4.69, 9.17) is 21.8 Å². The Kier molecular flexibility index (Phi) is 3.99. The molecule has 0 spiro atoms. The number of rotatable bonds is 4.